The number of amides is 3. The Morgan fingerprint density at radius 2 is 1.71 bits per heavy atom. The Balaban J connectivity index is 1.36. The Morgan fingerprint density at radius 3 is 2.42 bits per heavy atom. The van der Waals surface area contributed by atoms with Crippen LogP contribution in [0.3, 0.4) is 0 Å². The molecule has 2 aliphatic heterocycles. The highest BCUT2D eigenvalue weighted by atomic mass is 19.4. The van der Waals surface area contributed by atoms with E-state index in [0.717, 1.165) is 17.7 Å². The highest BCUT2D eigenvalue weighted by Crippen LogP contribution is 2.41. The molecule has 5 atom stereocenters. The second kappa shape index (κ2) is 20.5. The summed E-state index contributed by atoms with van der Waals surface area (Å²) in [4.78, 5) is 50.9. The van der Waals surface area contributed by atoms with E-state index in [1.807, 2.05) is 13.8 Å². The van der Waals surface area contributed by atoms with Gasteiger partial charge in [-0.3, -0.25) is 4.79 Å². The summed E-state index contributed by atoms with van der Waals surface area (Å²) in [6, 6.07) is 9.74. The van der Waals surface area contributed by atoms with E-state index in [9.17, 15) is 36.7 Å². The smallest absolute Gasteiger partial charge is 0.416 e. The van der Waals surface area contributed by atoms with Gasteiger partial charge in [0.05, 0.1) is 24.4 Å². The molecule has 2 aromatic rings. The number of carbonyl (C=O) groups excluding carboxylic acids is 4. The molecule has 3 N–H and O–H groups in total. The molecular formula is C39H51F4N3O9. The Labute approximate surface area is 318 Å². The predicted octanol–water partition coefficient (Wildman–Crippen LogP) is 6.73. The number of halogens is 4. The van der Waals surface area contributed by atoms with Crippen LogP contribution in [0.2, 0.25) is 0 Å². The third-order valence-electron chi connectivity index (χ3n) is 9.18. The lowest BCUT2D eigenvalue weighted by Crippen LogP contribution is -2.54. The summed E-state index contributed by atoms with van der Waals surface area (Å²) in [5.74, 6) is -2.35. The molecule has 0 radical (unpaired) electrons. The number of esters is 1. The predicted molar refractivity (Wildman–Crippen MR) is 191 cm³/mol. The standard InChI is InChI=1S/C39H51F4N3O9/c1-4-51-35(48)33(19-25(2)3)46-34(47)15-14-30-21-32(53-37(50)44-18-16-26-10-12-29(40)13-11-26)22-38(54-30)17-6-9-31(55-38)24-52-36(49)45-23-27-7-5-8-28(20-27)39(41,42)43/h5,7-8,10-13,20,25,30-33H,4,6,9,14-19,21-24H2,1-3H3,(H,44,50)(H,45,49)(H,46,47)/t30-,31-,32-,33+,38+/m1/s1. The molecule has 1 spiro atoms. The second-order valence-electron chi connectivity index (χ2n) is 14.2. The highest BCUT2D eigenvalue weighted by Gasteiger charge is 2.47. The van der Waals surface area contributed by atoms with Crippen LogP contribution < -0.4 is 16.0 Å². The summed E-state index contributed by atoms with van der Waals surface area (Å²) in [5, 5.41) is 7.94. The zero-order valence-electron chi connectivity index (χ0n) is 31.4. The van der Waals surface area contributed by atoms with Crippen molar-refractivity contribution in [3.8, 4) is 0 Å². The first-order chi connectivity index (χ1) is 26.1. The lowest BCUT2D eigenvalue weighted by molar-refractivity contribution is -0.329. The molecule has 0 bridgehead atoms. The van der Waals surface area contributed by atoms with E-state index in [1.165, 1.54) is 24.3 Å². The summed E-state index contributed by atoms with van der Waals surface area (Å²) in [6.45, 7) is 5.62. The topological polar surface area (TPSA) is 151 Å². The number of hydrogen-bond donors (Lipinski definition) is 3. The largest absolute Gasteiger partial charge is 0.464 e. The maximum absolute atomic E-state index is 13.3. The van der Waals surface area contributed by atoms with Crippen LogP contribution in [0.15, 0.2) is 48.5 Å². The number of alkyl carbamates (subject to hydrolysis) is 2. The number of rotatable bonds is 16. The summed E-state index contributed by atoms with van der Waals surface area (Å²) in [7, 11) is 0. The van der Waals surface area contributed by atoms with Gasteiger partial charge in [-0.2, -0.15) is 13.2 Å². The molecule has 3 amide bonds. The lowest BCUT2D eigenvalue weighted by Gasteiger charge is -2.47. The van der Waals surface area contributed by atoms with Crippen LogP contribution >= 0.6 is 0 Å². The molecule has 4 rings (SSSR count). The van der Waals surface area contributed by atoms with E-state index in [2.05, 4.69) is 16.0 Å². The van der Waals surface area contributed by atoms with Gasteiger partial charge in [0.1, 0.15) is 24.6 Å². The first kappa shape index (κ1) is 43.3. The van der Waals surface area contributed by atoms with E-state index >= 15 is 0 Å². The monoisotopic (exact) mass is 781 g/mol. The molecular weight excluding hydrogens is 730 g/mol. The Bertz CT molecular complexity index is 1580. The van der Waals surface area contributed by atoms with Gasteiger partial charge in [0.25, 0.3) is 0 Å². The first-order valence-corrected chi connectivity index (χ1v) is 18.7. The van der Waals surface area contributed by atoms with Crippen LogP contribution in [0.5, 0.6) is 0 Å². The lowest BCUT2D eigenvalue weighted by atomic mass is 9.90. The van der Waals surface area contributed by atoms with E-state index in [0.29, 0.717) is 32.1 Å². The molecule has 304 valence electrons. The molecule has 2 aromatic carbocycles. The van der Waals surface area contributed by atoms with E-state index < -0.39 is 60.0 Å². The van der Waals surface area contributed by atoms with Crippen molar-refractivity contribution in [2.45, 2.75) is 121 Å². The van der Waals surface area contributed by atoms with Crippen LogP contribution in [-0.4, -0.2) is 74.0 Å². The number of ether oxygens (including phenoxy) is 5. The molecule has 0 aliphatic carbocycles. The van der Waals surface area contributed by atoms with Crippen molar-refractivity contribution >= 4 is 24.1 Å². The van der Waals surface area contributed by atoms with Crippen molar-refractivity contribution in [1.82, 2.24) is 16.0 Å². The van der Waals surface area contributed by atoms with Gasteiger partial charge >= 0.3 is 24.3 Å². The summed E-state index contributed by atoms with van der Waals surface area (Å²) in [6.07, 6.45) is -4.83. The fourth-order valence-corrected chi connectivity index (χ4v) is 6.66. The van der Waals surface area contributed by atoms with Gasteiger partial charge in [0.15, 0.2) is 5.79 Å². The number of benzene rings is 2. The third-order valence-corrected chi connectivity index (χ3v) is 9.18. The third kappa shape index (κ3) is 14.6. The van der Waals surface area contributed by atoms with Gasteiger partial charge in [-0.15, -0.1) is 0 Å². The van der Waals surface area contributed by atoms with Crippen LogP contribution in [0.25, 0.3) is 0 Å². The van der Waals surface area contributed by atoms with E-state index in [1.54, 1.807) is 19.1 Å². The average Bonchev–Trinajstić information content (AvgIpc) is 3.12. The van der Waals surface area contributed by atoms with Crippen LogP contribution in [0.4, 0.5) is 27.2 Å². The highest BCUT2D eigenvalue weighted by molar-refractivity contribution is 5.84. The molecule has 55 heavy (non-hydrogen) atoms. The van der Waals surface area contributed by atoms with Crippen molar-refractivity contribution in [1.29, 1.82) is 0 Å². The first-order valence-electron chi connectivity index (χ1n) is 18.7. The number of hydrogen-bond acceptors (Lipinski definition) is 9. The van der Waals surface area contributed by atoms with Crippen LogP contribution in [0.1, 0.15) is 88.8 Å². The minimum absolute atomic E-state index is 0.00389. The van der Waals surface area contributed by atoms with Crippen molar-refractivity contribution in [3.63, 3.8) is 0 Å². The number of nitrogens with one attached hydrogen (secondary N) is 3. The quantitative estimate of drug-likeness (QED) is 0.0958. The van der Waals surface area contributed by atoms with Gasteiger partial charge in [-0.25, -0.2) is 18.8 Å². The van der Waals surface area contributed by atoms with Gasteiger partial charge in [-0.05, 0) is 80.3 Å². The molecule has 0 saturated carbocycles. The van der Waals surface area contributed by atoms with Crippen LogP contribution in [0, 0.1) is 11.7 Å². The van der Waals surface area contributed by atoms with Gasteiger partial charge in [0, 0.05) is 38.8 Å². The molecule has 12 nitrogen and oxygen atoms in total. The molecule has 0 aromatic heterocycles. The van der Waals surface area contributed by atoms with Crippen molar-refractivity contribution in [3.05, 3.63) is 71.0 Å². The zero-order chi connectivity index (χ0) is 40.0. The maximum atomic E-state index is 13.3. The molecule has 2 aliphatic rings. The molecule has 0 unspecified atom stereocenters. The van der Waals surface area contributed by atoms with Crippen LogP contribution in [-0.2, 0) is 52.4 Å². The molecule has 2 heterocycles. The molecule has 2 fully saturated rings. The molecule has 2 saturated heterocycles. The normalized spacial score (nSPS) is 21.7. The fraction of sp³-hybridized carbons (Fsp3) is 0.590. The molecule has 16 heteroatoms. The SMILES string of the molecule is CCOC(=O)[C@H](CC(C)C)NC(=O)CC[C@@H]1C[C@@H](OC(=O)NCCc2ccc(F)cc2)C[C@@]2(CCC[C@H](COC(=O)NCc3cccc(C(F)(F)F)c3)O2)O1. The van der Waals surface area contributed by atoms with Crippen molar-refractivity contribution < 1.29 is 60.4 Å². The zero-order valence-corrected chi connectivity index (χ0v) is 31.4. The van der Waals surface area contributed by atoms with Gasteiger partial charge < -0.3 is 39.6 Å². The number of carbonyl (C=O) groups is 4. The fourth-order valence-electron chi connectivity index (χ4n) is 6.66. The van der Waals surface area contributed by atoms with Crippen molar-refractivity contribution in [2.75, 3.05) is 19.8 Å². The summed E-state index contributed by atoms with van der Waals surface area (Å²) in [5.41, 5.74) is 0.248. The Morgan fingerprint density at radius 1 is 0.964 bits per heavy atom. The average molecular weight is 782 g/mol. The van der Waals surface area contributed by atoms with E-state index in [4.69, 9.17) is 23.7 Å². The maximum Gasteiger partial charge on any atom is 0.416 e. The summed E-state index contributed by atoms with van der Waals surface area (Å²) >= 11 is 0. The van der Waals surface area contributed by atoms with Crippen molar-refractivity contribution in [2.24, 2.45) is 5.92 Å². The Kier molecular flexibility index (Phi) is 16.1. The minimum Gasteiger partial charge on any atom is -0.464 e. The van der Waals surface area contributed by atoms with Gasteiger partial charge in [0.2, 0.25) is 5.91 Å². The van der Waals surface area contributed by atoms with E-state index in [-0.39, 0.29) is 75.2 Å². The Hall–Kier alpha value is -4.44. The number of alkyl halides is 3. The summed E-state index contributed by atoms with van der Waals surface area (Å²) < 4.78 is 81.7. The van der Waals surface area contributed by atoms with Gasteiger partial charge in [-0.1, -0.05) is 38.1 Å². The minimum atomic E-state index is -4.52. The second-order valence-corrected chi connectivity index (χ2v) is 14.2.